The summed E-state index contributed by atoms with van der Waals surface area (Å²) in [5.74, 6) is 0.780. The molecule has 0 spiro atoms. The Hall–Kier alpha value is -0.860. The maximum absolute atomic E-state index is 6.24. The van der Waals surface area contributed by atoms with Crippen molar-refractivity contribution in [2.45, 2.75) is 58.6 Å². The molecule has 1 saturated carbocycles. The van der Waals surface area contributed by atoms with Gasteiger partial charge in [0, 0.05) is 12.6 Å². The molecule has 0 saturated heterocycles. The highest BCUT2D eigenvalue weighted by Crippen LogP contribution is 2.27. The van der Waals surface area contributed by atoms with Gasteiger partial charge in [0.2, 0.25) is 0 Å². The molecule has 1 aromatic rings. The lowest BCUT2D eigenvalue weighted by Gasteiger charge is -2.22. The predicted octanol–water partition coefficient (Wildman–Crippen LogP) is 4.24. The summed E-state index contributed by atoms with van der Waals surface area (Å²) in [6, 6.07) is 9.26. The van der Waals surface area contributed by atoms with Crippen LogP contribution in [0.5, 0.6) is 0 Å². The zero-order valence-corrected chi connectivity index (χ0v) is 13.2. The molecular formula is C18H29NO. The van der Waals surface area contributed by atoms with Crippen LogP contribution < -0.4 is 5.32 Å². The molecule has 20 heavy (non-hydrogen) atoms. The van der Waals surface area contributed by atoms with Crippen LogP contribution in [0.2, 0.25) is 0 Å². The topological polar surface area (TPSA) is 21.3 Å². The second-order valence-corrected chi connectivity index (χ2v) is 6.45. The van der Waals surface area contributed by atoms with Crippen LogP contribution in [0.4, 0.5) is 0 Å². The first-order valence-electron chi connectivity index (χ1n) is 8.06. The van der Waals surface area contributed by atoms with Crippen LogP contribution in [-0.4, -0.2) is 19.2 Å². The predicted molar refractivity (Wildman–Crippen MR) is 85.0 cm³/mol. The Labute approximate surface area is 123 Å². The van der Waals surface area contributed by atoms with E-state index in [1.54, 1.807) is 0 Å². The summed E-state index contributed by atoms with van der Waals surface area (Å²) in [5, 5.41) is 3.51. The van der Waals surface area contributed by atoms with Gasteiger partial charge >= 0.3 is 0 Å². The zero-order valence-electron chi connectivity index (χ0n) is 13.2. The molecule has 0 amide bonds. The van der Waals surface area contributed by atoms with Crippen molar-refractivity contribution in [3.63, 3.8) is 0 Å². The monoisotopic (exact) mass is 275 g/mol. The molecule has 1 N–H and O–H groups in total. The molecule has 1 aliphatic rings. The molecule has 0 aromatic heterocycles. The second kappa shape index (κ2) is 7.80. The third-order valence-corrected chi connectivity index (χ3v) is 4.17. The fourth-order valence-electron chi connectivity index (χ4n) is 2.83. The first kappa shape index (κ1) is 15.5. The van der Waals surface area contributed by atoms with Gasteiger partial charge in [-0.1, -0.05) is 56.5 Å². The summed E-state index contributed by atoms with van der Waals surface area (Å²) in [7, 11) is 0. The number of hydrogen-bond acceptors (Lipinski definition) is 2. The lowest BCUT2D eigenvalue weighted by atomic mass is 10.1. The van der Waals surface area contributed by atoms with Crippen molar-refractivity contribution in [2.24, 2.45) is 5.92 Å². The summed E-state index contributed by atoms with van der Waals surface area (Å²) in [5.41, 5.74) is 2.60. The quantitative estimate of drug-likeness (QED) is 0.803. The highest BCUT2D eigenvalue weighted by molar-refractivity contribution is 5.23. The molecule has 1 fully saturated rings. The first-order valence-corrected chi connectivity index (χ1v) is 8.06. The minimum atomic E-state index is 0.179. The number of nitrogens with one attached hydrogen (secondary N) is 1. The second-order valence-electron chi connectivity index (χ2n) is 6.45. The van der Waals surface area contributed by atoms with Crippen LogP contribution in [0.1, 0.15) is 56.8 Å². The molecule has 2 rings (SSSR count). The van der Waals surface area contributed by atoms with Crippen LogP contribution >= 0.6 is 0 Å². The fraction of sp³-hybridized carbons (Fsp3) is 0.667. The van der Waals surface area contributed by atoms with Crippen molar-refractivity contribution in [2.75, 3.05) is 13.2 Å². The lowest BCUT2D eigenvalue weighted by Crippen LogP contribution is -2.29. The number of hydrogen-bond donors (Lipinski definition) is 1. The minimum absolute atomic E-state index is 0.179. The highest BCUT2D eigenvalue weighted by Gasteiger charge is 2.19. The van der Waals surface area contributed by atoms with E-state index in [-0.39, 0.29) is 6.10 Å². The van der Waals surface area contributed by atoms with Gasteiger partial charge in [-0.05, 0) is 31.2 Å². The highest BCUT2D eigenvalue weighted by atomic mass is 16.5. The molecule has 112 valence electrons. The molecule has 2 heteroatoms. The van der Waals surface area contributed by atoms with E-state index >= 15 is 0 Å². The molecule has 0 bridgehead atoms. The summed E-state index contributed by atoms with van der Waals surface area (Å²) >= 11 is 0. The van der Waals surface area contributed by atoms with Crippen molar-refractivity contribution in [3.8, 4) is 0 Å². The lowest BCUT2D eigenvalue weighted by molar-refractivity contribution is 0.0284. The maximum atomic E-state index is 6.24. The van der Waals surface area contributed by atoms with Crippen LogP contribution in [0.25, 0.3) is 0 Å². The average Bonchev–Trinajstić information content (AvgIpc) is 2.93. The van der Waals surface area contributed by atoms with Gasteiger partial charge in [-0.3, -0.25) is 0 Å². The van der Waals surface area contributed by atoms with E-state index < -0.39 is 0 Å². The Kier molecular flexibility index (Phi) is 6.06. The zero-order chi connectivity index (χ0) is 14.4. The number of benzene rings is 1. The summed E-state index contributed by atoms with van der Waals surface area (Å²) in [6.45, 7) is 8.31. The molecule has 1 atom stereocenters. The Morgan fingerprint density at radius 2 is 1.80 bits per heavy atom. The van der Waals surface area contributed by atoms with Gasteiger partial charge in [0.1, 0.15) is 0 Å². The van der Waals surface area contributed by atoms with Gasteiger partial charge < -0.3 is 10.1 Å². The van der Waals surface area contributed by atoms with Gasteiger partial charge in [0.05, 0.1) is 12.7 Å². The summed E-state index contributed by atoms with van der Waals surface area (Å²) in [6.07, 6.45) is 5.64. The van der Waals surface area contributed by atoms with Crippen LogP contribution in [0.15, 0.2) is 24.3 Å². The smallest absolute Gasteiger partial charge is 0.0949 e. The first-order chi connectivity index (χ1) is 9.65. The molecule has 1 aromatic carbocycles. The molecule has 1 unspecified atom stereocenters. The Morgan fingerprint density at radius 1 is 1.15 bits per heavy atom. The Bertz CT molecular complexity index is 379. The van der Waals surface area contributed by atoms with Crippen LogP contribution in [0.3, 0.4) is 0 Å². The molecule has 2 nitrogen and oxygen atoms in total. The van der Waals surface area contributed by atoms with E-state index in [0.29, 0.717) is 6.04 Å². The van der Waals surface area contributed by atoms with Gasteiger partial charge in [-0.25, -0.2) is 0 Å². The van der Waals surface area contributed by atoms with Gasteiger partial charge in [-0.2, -0.15) is 0 Å². The summed E-state index contributed by atoms with van der Waals surface area (Å²) < 4.78 is 6.24. The largest absolute Gasteiger partial charge is 0.372 e. The molecule has 1 aliphatic carbocycles. The van der Waals surface area contributed by atoms with Crippen molar-refractivity contribution < 1.29 is 4.74 Å². The number of aryl methyl sites for hydroxylation is 1. The molecular weight excluding hydrogens is 246 g/mol. The van der Waals surface area contributed by atoms with Gasteiger partial charge in [0.25, 0.3) is 0 Å². The Balaban J connectivity index is 1.93. The maximum Gasteiger partial charge on any atom is 0.0949 e. The van der Waals surface area contributed by atoms with Crippen LogP contribution in [0, 0.1) is 12.8 Å². The average molecular weight is 275 g/mol. The van der Waals surface area contributed by atoms with E-state index in [9.17, 15) is 0 Å². The number of rotatable bonds is 7. The fourth-order valence-corrected chi connectivity index (χ4v) is 2.83. The van der Waals surface area contributed by atoms with Crippen molar-refractivity contribution >= 4 is 0 Å². The van der Waals surface area contributed by atoms with Crippen molar-refractivity contribution in [1.29, 1.82) is 0 Å². The Morgan fingerprint density at radius 3 is 2.40 bits per heavy atom. The normalized spacial score (nSPS) is 17.8. The van der Waals surface area contributed by atoms with Crippen molar-refractivity contribution in [3.05, 3.63) is 35.4 Å². The molecule has 0 aliphatic heterocycles. The van der Waals surface area contributed by atoms with E-state index in [4.69, 9.17) is 4.74 Å². The SMILES string of the molecule is Cc1ccc(C(CNC(C)C)OCC2CCCC2)cc1. The van der Waals surface area contributed by atoms with Gasteiger partial charge in [-0.15, -0.1) is 0 Å². The van der Waals surface area contributed by atoms with E-state index in [1.165, 1.54) is 36.8 Å². The summed E-state index contributed by atoms with van der Waals surface area (Å²) in [4.78, 5) is 0. The third kappa shape index (κ3) is 4.92. The van der Waals surface area contributed by atoms with E-state index in [0.717, 1.165) is 19.1 Å². The molecule has 0 radical (unpaired) electrons. The standard InChI is InChI=1S/C18H29NO/c1-14(2)19-12-18(17-10-8-15(3)9-11-17)20-13-16-6-4-5-7-16/h8-11,14,16,18-19H,4-7,12-13H2,1-3H3. The van der Waals surface area contributed by atoms with Crippen molar-refractivity contribution in [1.82, 2.24) is 5.32 Å². The van der Waals surface area contributed by atoms with E-state index in [2.05, 4.69) is 50.4 Å². The molecule has 0 heterocycles. The third-order valence-electron chi connectivity index (χ3n) is 4.17. The van der Waals surface area contributed by atoms with Crippen LogP contribution in [-0.2, 0) is 4.74 Å². The van der Waals surface area contributed by atoms with Gasteiger partial charge in [0.15, 0.2) is 0 Å². The van der Waals surface area contributed by atoms with E-state index in [1.807, 2.05) is 0 Å². The number of ether oxygens (including phenoxy) is 1. The minimum Gasteiger partial charge on any atom is -0.372 e.